The van der Waals surface area contributed by atoms with Crippen LogP contribution in [0.1, 0.15) is 39.0 Å². The third-order valence-corrected chi connectivity index (χ3v) is 3.94. The van der Waals surface area contributed by atoms with E-state index < -0.39 is 18.2 Å². The second-order valence-electron chi connectivity index (χ2n) is 5.62. The third kappa shape index (κ3) is 5.06. The van der Waals surface area contributed by atoms with Crippen molar-refractivity contribution < 1.29 is 20.1 Å². The molecule has 6 heteroatoms. The van der Waals surface area contributed by atoms with E-state index in [4.69, 9.17) is 10.8 Å². The minimum absolute atomic E-state index is 0.122. The lowest BCUT2D eigenvalue weighted by Crippen LogP contribution is -2.53. The molecule has 1 saturated heterocycles. The van der Waals surface area contributed by atoms with Crippen molar-refractivity contribution in [2.75, 3.05) is 19.6 Å². The highest BCUT2D eigenvalue weighted by Gasteiger charge is 2.32. The summed E-state index contributed by atoms with van der Waals surface area (Å²) < 4.78 is 0. The zero-order chi connectivity index (χ0) is 14.5. The molecule has 0 bridgehead atoms. The number of unbranched alkanes of at least 4 members (excludes halogenated alkanes) is 1. The molecule has 1 rings (SSSR count). The molecule has 0 aliphatic carbocycles. The number of β-amino-alcohol motifs (C(OH)–C–C–N with tert-alkyl or cyclic N) is 1. The van der Waals surface area contributed by atoms with E-state index in [0.29, 0.717) is 0 Å². The maximum atomic E-state index is 10.6. The summed E-state index contributed by atoms with van der Waals surface area (Å²) in [5.41, 5.74) is 6.19. The van der Waals surface area contributed by atoms with Crippen molar-refractivity contribution in [1.82, 2.24) is 4.90 Å². The molecule has 0 radical (unpaired) electrons. The minimum Gasteiger partial charge on any atom is -0.479 e. The van der Waals surface area contributed by atoms with Crippen LogP contribution in [-0.2, 0) is 4.79 Å². The number of piperidine rings is 1. The van der Waals surface area contributed by atoms with Crippen molar-refractivity contribution in [1.29, 1.82) is 0 Å². The zero-order valence-corrected chi connectivity index (χ0v) is 11.6. The molecule has 0 aromatic rings. The van der Waals surface area contributed by atoms with E-state index >= 15 is 0 Å². The van der Waals surface area contributed by atoms with Gasteiger partial charge in [0.1, 0.15) is 6.10 Å². The molecule has 2 atom stereocenters. The molecule has 2 unspecified atom stereocenters. The van der Waals surface area contributed by atoms with Crippen LogP contribution < -0.4 is 5.73 Å². The van der Waals surface area contributed by atoms with Gasteiger partial charge in [-0.2, -0.15) is 0 Å². The number of rotatable bonds is 7. The van der Waals surface area contributed by atoms with Crippen LogP contribution >= 0.6 is 0 Å². The standard InChI is InChI=1S/C13H26N2O4/c1-2-3-4-13(14)5-7-15(8-6-13)9-10(16)11(17)12(18)19/h10-11,16-17H,2-9,14H2,1H3,(H,18,19). The largest absolute Gasteiger partial charge is 0.479 e. The molecule has 1 aliphatic rings. The van der Waals surface area contributed by atoms with Gasteiger partial charge in [-0.15, -0.1) is 0 Å². The molecule has 0 amide bonds. The van der Waals surface area contributed by atoms with E-state index in [-0.39, 0.29) is 12.1 Å². The van der Waals surface area contributed by atoms with Gasteiger partial charge in [-0.1, -0.05) is 19.8 Å². The van der Waals surface area contributed by atoms with Crippen LogP contribution in [0.2, 0.25) is 0 Å². The lowest BCUT2D eigenvalue weighted by molar-refractivity contribution is -0.153. The number of carbonyl (C=O) groups is 1. The number of hydrogen-bond donors (Lipinski definition) is 4. The topological polar surface area (TPSA) is 107 Å². The summed E-state index contributed by atoms with van der Waals surface area (Å²) in [6.45, 7) is 3.80. The summed E-state index contributed by atoms with van der Waals surface area (Å²) in [6, 6.07) is 0. The maximum Gasteiger partial charge on any atom is 0.335 e. The van der Waals surface area contributed by atoms with Gasteiger partial charge in [0.05, 0.1) is 0 Å². The van der Waals surface area contributed by atoms with E-state index in [1.54, 1.807) is 0 Å². The number of hydrogen-bond acceptors (Lipinski definition) is 5. The van der Waals surface area contributed by atoms with Gasteiger partial charge < -0.3 is 26.0 Å². The summed E-state index contributed by atoms with van der Waals surface area (Å²) in [7, 11) is 0. The Morgan fingerprint density at radius 1 is 1.37 bits per heavy atom. The average Bonchev–Trinajstić information content (AvgIpc) is 2.38. The molecule has 0 spiro atoms. The molecule has 0 saturated carbocycles. The van der Waals surface area contributed by atoms with Gasteiger partial charge in [0.25, 0.3) is 0 Å². The summed E-state index contributed by atoms with van der Waals surface area (Å²) >= 11 is 0. The predicted octanol–water partition coefficient (Wildman–Crippen LogP) is -0.224. The second-order valence-corrected chi connectivity index (χ2v) is 5.62. The Bertz CT molecular complexity index is 290. The van der Waals surface area contributed by atoms with Crippen LogP contribution in [-0.4, -0.2) is 63.6 Å². The van der Waals surface area contributed by atoms with Crippen LogP contribution in [0, 0.1) is 0 Å². The van der Waals surface area contributed by atoms with Gasteiger partial charge in [-0.25, -0.2) is 4.79 Å². The number of carboxylic acid groups (broad SMARTS) is 1. The molecule has 112 valence electrons. The van der Waals surface area contributed by atoms with Crippen LogP contribution in [0.25, 0.3) is 0 Å². The van der Waals surface area contributed by atoms with E-state index in [1.165, 1.54) is 0 Å². The third-order valence-electron chi connectivity index (χ3n) is 3.94. The molecule has 1 fully saturated rings. The number of aliphatic hydroxyl groups is 2. The van der Waals surface area contributed by atoms with Crippen molar-refractivity contribution in [2.24, 2.45) is 5.73 Å². The fraction of sp³-hybridized carbons (Fsp3) is 0.923. The average molecular weight is 274 g/mol. The highest BCUT2D eigenvalue weighted by Crippen LogP contribution is 2.25. The molecular formula is C13H26N2O4. The van der Waals surface area contributed by atoms with Gasteiger partial charge in [0.2, 0.25) is 0 Å². The SMILES string of the molecule is CCCCC1(N)CCN(CC(O)C(O)C(=O)O)CC1. The Balaban J connectivity index is 2.35. The first-order valence-corrected chi connectivity index (χ1v) is 6.98. The van der Waals surface area contributed by atoms with Gasteiger partial charge in [0, 0.05) is 12.1 Å². The fourth-order valence-electron chi connectivity index (χ4n) is 2.49. The monoisotopic (exact) mass is 274 g/mol. The van der Waals surface area contributed by atoms with Crippen molar-refractivity contribution in [3.05, 3.63) is 0 Å². The normalized spacial score (nSPS) is 22.9. The van der Waals surface area contributed by atoms with E-state index in [0.717, 1.165) is 45.2 Å². The summed E-state index contributed by atoms with van der Waals surface area (Å²) in [5.74, 6) is -1.39. The summed E-state index contributed by atoms with van der Waals surface area (Å²) in [6.07, 6.45) is 2.00. The van der Waals surface area contributed by atoms with Crippen molar-refractivity contribution in [3.8, 4) is 0 Å². The number of likely N-dealkylation sites (tertiary alicyclic amines) is 1. The molecule has 1 heterocycles. The predicted molar refractivity (Wildman–Crippen MR) is 71.8 cm³/mol. The first-order valence-electron chi connectivity index (χ1n) is 6.98. The number of nitrogens with zero attached hydrogens (tertiary/aromatic N) is 1. The van der Waals surface area contributed by atoms with Crippen molar-refractivity contribution in [3.63, 3.8) is 0 Å². The van der Waals surface area contributed by atoms with Gasteiger partial charge in [0.15, 0.2) is 6.10 Å². The Labute approximate surface area is 114 Å². The molecule has 0 aromatic heterocycles. The number of aliphatic carboxylic acids is 1. The quantitative estimate of drug-likeness (QED) is 0.511. The molecule has 0 aromatic carbocycles. The molecule has 6 nitrogen and oxygen atoms in total. The lowest BCUT2D eigenvalue weighted by Gasteiger charge is -2.40. The Morgan fingerprint density at radius 2 is 1.95 bits per heavy atom. The maximum absolute atomic E-state index is 10.6. The van der Waals surface area contributed by atoms with Crippen molar-refractivity contribution >= 4 is 5.97 Å². The smallest absolute Gasteiger partial charge is 0.335 e. The first kappa shape index (κ1) is 16.4. The Morgan fingerprint density at radius 3 is 2.42 bits per heavy atom. The lowest BCUT2D eigenvalue weighted by atomic mass is 9.84. The number of carboxylic acids is 1. The molecule has 5 N–H and O–H groups in total. The molecule has 19 heavy (non-hydrogen) atoms. The van der Waals surface area contributed by atoms with Crippen molar-refractivity contribution in [2.45, 2.75) is 56.8 Å². The minimum atomic E-state index is -1.72. The van der Waals surface area contributed by atoms with Crippen LogP contribution in [0.5, 0.6) is 0 Å². The van der Waals surface area contributed by atoms with Gasteiger partial charge >= 0.3 is 5.97 Å². The fourth-order valence-corrected chi connectivity index (χ4v) is 2.49. The van der Waals surface area contributed by atoms with Gasteiger partial charge in [-0.05, 0) is 32.4 Å². The highest BCUT2D eigenvalue weighted by molar-refractivity contribution is 5.72. The number of aliphatic hydroxyl groups excluding tert-OH is 2. The summed E-state index contributed by atoms with van der Waals surface area (Å²) in [5, 5.41) is 27.5. The zero-order valence-electron chi connectivity index (χ0n) is 11.6. The Hall–Kier alpha value is -0.690. The second kappa shape index (κ2) is 7.19. The first-order chi connectivity index (χ1) is 8.88. The van der Waals surface area contributed by atoms with E-state index in [1.807, 2.05) is 4.90 Å². The Kier molecular flexibility index (Phi) is 6.19. The van der Waals surface area contributed by atoms with Crippen LogP contribution in [0.3, 0.4) is 0 Å². The molecular weight excluding hydrogens is 248 g/mol. The van der Waals surface area contributed by atoms with Crippen LogP contribution in [0.15, 0.2) is 0 Å². The number of nitrogens with two attached hydrogens (primary N) is 1. The molecule has 1 aliphatic heterocycles. The highest BCUT2D eigenvalue weighted by atomic mass is 16.4. The van der Waals surface area contributed by atoms with Gasteiger partial charge in [-0.3, -0.25) is 0 Å². The van der Waals surface area contributed by atoms with E-state index in [2.05, 4.69) is 6.92 Å². The summed E-state index contributed by atoms with van der Waals surface area (Å²) in [4.78, 5) is 12.5. The van der Waals surface area contributed by atoms with E-state index in [9.17, 15) is 15.0 Å². The van der Waals surface area contributed by atoms with Crippen LogP contribution in [0.4, 0.5) is 0 Å².